The maximum Gasteiger partial charge on any atom is 0.244 e. The number of benzene rings is 1. The average Bonchev–Trinajstić information content (AvgIpc) is 3.49. The van der Waals surface area contributed by atoms with Gasteiger partial charge in [0.2, 0.25) is 17.7 Å². The zero-order valence-electron chi connectivity index (χ0n) is 22.6. The highest BCUT2D eigenvalue weighted by Crippen LogP contribution is 2.71. The second-order valence-corrected chi connectivity index (χ2v) is 13.8. The summed E-state index contributed by atoms with van der Waals surface area (Å²) < 4.78 is -0.901. The molecule has 7 nitrogen and oxygen atoms in total. The number of hydrogen-bond acceptors (Lipinski definition) is 5. The lowest BCUT2D eigenvalue weighted by molar-refractivity contribution is -0.140. The van der Waals surface area contributed by atoms with E-state index in [1.807, 2.05) is 35.2 Å². The van der Waals surface area contributed by atoms with Crippen molar-refractivity contribution in [2.75, 3.05) is 13.2 Å². The van der Waals surface area contributed by atoms with Crippen molar-refractivity contribution in [1.29, 1.82) is 0 Å². The summed E-state index contributed by atoms with van der Waals surface area (Å²) in [5.74, 6) is -1.03. The number of aliphatic hydroxyl groups is 1. The summed E-state index contributed by atoms with van der Waals surface area (Å²) in [4.78, 5) is 43.7. The molecule has 3 saturated heterocycles. The summed E-state index contributed by atoms with van der Waals surface area (Å²) in [6, 6.07) is 9.50. The first-order valence-corrected chi connectivity index (χ1v) is 15.4. The van der Waals surface area contributed by atoms with Gasteiger partial charge in [-0.05, 0) is 51.0 Å². The number of aliphatic hydroxyl groups excluding tert-OH is 1. The first-order chi connectivity index (χ1) is 18.4. The molecule has 5 rings (SSSR count). The van der Waals surface area contributed by atoms with Crippen LogP contribution in [-0.2, 0) is 20.9 Å². The lowest BCUT2D eigenvalue weighted by Crippen LogP contribution is -2.55. The van der Waals surface area contributed by atoms with Crippen molar-refractivity contribution < 1.29 is 19.5 Å². The smallest absolute Gasteiger partial charge is 0.244 e. The molecule has 1 aromatic rings. The van der Waals surface area contributed by atoms with E-state index >= 15 is 0 Å². The molecule has 3 amide bonds. The monoisotopic (exact) mass is 541 g/mol. The minimum Gasteiger partial charge on any atom is -0.396 e. The van der Waals surface area contributed by atoms with Crippen molar-refractivity contribution in [2.45, 2.75) is 106 Å². The molecular formula is C30H43N3O4S. The quantitative estimate of drug-likeness (QED) is 0.371. The summed E-state index contributed by atoms with van der Waals surface area (Å²) in [5.41, 5.74) is 1.03. The van der Waals surface area contributed by atoms with Crippen LogP contribution in [0.1, 0.15) is 83.1 Å². The van der Waals surface area contributed by atoms with Crippen LogP contribution in [0.3, 0.4) is 0 Å². The summed E-state index contributed by atoms with van der Waals surface area (Å²) in [7, 11) is 0. The maximum absolute atomic E-state index is 14.1. The van der Waals surface area contributed by atoms with Gasteiger partial charge in [-0.3, -0.25) is 14.4 Å². The highest BCUT2D eigenvalue weighted by molar-refractivity contribution is 8.02. The van der Waals surface area contributed by atoms with Crippen LogP contribution >= 0.6 is 11.8 Å². The van der Waals surface area contributed by atoms with Gasteiger partial charge in [0.15, 0.2) is 0 Å². The molecule has 8 heteroatoms. The molecule has 4 aliphatic rings. The Labute approximate surface area is 230 Å². The number of rotatable bonds is 11. The Morgan fingerprint density at radius 1 is 1.03 bits per heavy atom. The van der Waals surface area contributed by atoms with Gasteiger partial charge in [0.05, 0.1) is 16.6 Å². The molecule has 1 aliphatic carbocycles. The molecule has 5 atom stereocenters. The molecule has 1 aromatic carbocycles. The Kier molecular flexibility index (Phi) is 8.39. The Balaban J connectivity index is 1.38. The topological polar surface area (TPSA) is 98.7 Å². The highest BCUT2D eigenvalue weighted by Gasteiger charge is 2.77. The van der Waals surface area contributed by atoms with Crippen LogP contribution < -0.4 is 10.6 Å². The summed E-state index contributed by atoms with van der Waals surface area (Å²) in [6.07, 6.45) is 10.5. The van der Waals surface area contributed by atoms with Crippen LogP contribution in [0.15, 0.2) is 30.3 Å². The standard InChI is InChI=1S/C30H43N3O4S/c1-29-16-17-30(38-29)24(23(29)26(35)31-20-21-12-6-4-7-13-21)28(37)33(18-10-2-3-11-19-34)25(30)27(36)32-22-14-8-5-9-15-22/h4,6-7,12-13,22-25,34H,2-3,5,8-11,14-20H2,1H3,(H,31,35)(H,32,36)/t23-,24+,25?,29+,30?/m1/s1. The molecule has 0 aromatic heterocycles. The Hall–Kier alpha value is -2.06. The summed E-state index contributed by atoms with van der Waals surface area (Å²) in [6.45, 7) is 3.27. The van der Waals surface area contributed by atoms with Crippen LogP contribution in [-0.4, -0.2) is 62.5 Å². The molecule has 2 bridgehead atoms. The summed E-state index contributed by atoms with van der Waals surface area (Å²) in [5, 5.41) is 15.6. The number of unbranched alkanes of at least 4 members (excludes halogenated alkanes) is 3. The normalized spacial score (nSPS) is 32.4. The van der Waals surface area contributed by atoms with Crippen molar-refractivity contribution in [2.24, 2.45) is 11.8 Å². The van der Waals surface area contributed by atoms with Crippen LogP contribution in [0.2, 0.25) is 0 Å². The van der Waals surface area contributed by atoms with Crippen molar-refractivity contribution in [3.05, 3.63) is 35.9 Å². The number of thioether (sulfide) groups is 1. The molecule has 0 radical (unpaired) electrons. The average molecular weight is 542 g/mol. The molecule has 1 saturated carbocycles. The predicted octanol–water partition coefficient (Wildman–Crippen LogP) is 3.79. The van der Waals surface area contributed by atoms with Gasteiger partial charge in [-0.15, -0.1) is 11.8 Å². The van der Waals surface area contributed by atoms with E-state index in [0.717, 1.165) is 69.8 Å². The van der Waals surface area contributed by atoms with Gasteiger partial charge >= 0.3 is 0 Å². The second-order valence-electron chi connectivity index (χ2n) is 11.9. The Bertz CT molecular complexity index is 1020. The first-order valence-electron chi connectivity index (χ1n) is 14.6. The molecule has 1 spiro atoms. The maximum atomic E-state index is 14.1. The van der Waals surface area contributed by atoms with Gasteiger partial charge in [-0.2, -0.15) is 0 Å². The zero-order valence-corrected chi connectivity index (χ0v) is 23.4. The molecular weight excluding hydrogens is 498 g/mol. The molecule has 3 aliphatic heterocycles. The lowest BCUT2D eigenvalue weighted by atomic mass is 9.66. The zero-order chi connectivity index (χ0) is 26.8. The van der Waals surface area contributed by atoms with E-state index in [1.165, 1.54) is 6.42 Å². The molecule has 3 heterocycles. The highest BCUT2D eigenvalue weighted by atomic mass is 32.2. The largest absolute Gasteiger partial charge is 0.396 e. The van der Waals surface area contributed by atoms with E-state index in [0.29, 0.717) is 13.1 Å². The number of carbonyl (C=O) groups is 3. The van der Waals surface area contributed by atoms with E-state index in [2.05, 4.69) is 17.6 Å². The lowest BCUT2D eigenvalue weighted by Gasteiger charge is -2.36. The van der Waals surface area contributed by atoms with Crippen LogP contribution in [0.4, 0.5) is 0 Å². The third-order valence-electron chi connectivity index (χ3n) is 9.38. The SMILES string of the molecule is C[C@@]12CCC3(S1)C(C(=O)NC1CCCCC1)N(CCCCCCO)C(=O)[C@@H]3[C@@H]2C(=O)NCc1ccccc1. The fourth-order valence-corrected chi connectivity index (χ4v) is 9.89. The molecule has 208 valence electrons. The van der Waals surface area contributed by atoms with Gasteiger partial charge in [-0.1, -0.05) is 62.4 Å². The minimum atomic E-state index is -0.551. The van der Waals surface area contributed by atoms with Crippen LogP contribution in [0, 0.1) is 11.8 Å². The third kappa shape index (κ3) is 5.10. The number of carbonyl (C=O) groups excluding carboxylic acids is 3. The third-order valence-corrected chi connectivity index (χ3v) is 11.4. The number of hydrogen-bond donors (Lipinski definition) is 3. The van der Waals surface area contributed by atoms with E-state index in [-0.39, 0.29) is 35.1 Å². The second kappa shape index (κ2) is 11.6. The van der Waals surface area contributed by atoms with E-state index in [9.17, 15) is 14.4 Å². The van der Waals surface area contributed by atoms with E-state index < -0.39 is 22.6 Å². The van der Waals surface area contributed by atoms with E-state index in [1.54, 1.807) is 11.8 Å². The molecule has 2 unspecified atom stereocenters. The summed E-state index contributed by atoms with van der Waals surface area (Å²) >= 11 is 1.75. The van der Waals surface area contributed by atoms with Crippen molar-refractivity contribution in [1.82, 2.24) is 15.5 Å². The molecule has 3 N–H and O–H groups in total. The van der Waals surface area contributed by atoms with Gasteiger partial charge in [0.25, 0.3) is 0 Å². The first kappa shape index (κ1) is 27.5. The van der Waals surface area contributed by atoms with Crippen LogP contribution in [0.5, 0.6) is 0 Å². The van der Waals surface area contributed by atoms with Gasteiger partial charge in [0.1, 0.15) is 6.04 Å². The van der Waals surface area contributed by atoms with E-state index in [4.69, 9.17) is 5.11 Å². The van der Waals surface area contributed by atoms with Gasteiger partial charge in [0, 0.05) is 30.5 Å². The Morgan fingerprint density at radius 3 is 2.50 bits per heavy atom. The van der Waals surface area contributed by atoms with Crippen molar-refractivity contribution in [3.63, 3.8) is 0 Å². The molecule has 4 fully saturated rings. The fourth-order valence-electron chi connectivity index (χ4n) is 7.54. The minimum absolute atomic E-state index is 0.0215. The van der Waals surface area contributed by atoms with Crippen molar-refractivity contribution >= 4 is 29.5 Å². The van der Waals surface area contributed by atoms with Crippen LogP contribution in [0.25, 0.3) is 0 Å². The Morgan fingerprint density at radius 2 is 1.76 bits per heavy atom. The number of likely N-dealkylation sites (tertiary alicyclic amines) is 1. The number of fused-ring (bicyclic) bond motifs is 1. The molecule has 38 heavy (non-hydrogen) atoms. The number of amides is 3. The van der Waals surface area contributed by atoms with Gasteiger partial charge in [-0.25, -0.2) is 0 Å². The fraction of sp³-hybridized carbons (Fsp3) is 0.700. The van der Waals surface area contributed by atoms with Gasteiger partial charge < -0.3 is 20.6 Å². The number of nitrogens with zero attached hydrogens (tertiary/aromatic N) is 1. The van der Waals surface area contributed by atoms with Crippen molar-refractivity contribution in [3.8, 4) is 0 Å². The number of nitrogens with one attached hydrogen (secondary N) is 2. The predicted molar refractivity (Wildman–Crippen MR) is 149 cm³/mol.